The molecule has 0 radical (unpaired) electrons. The minimum Gasteiger partial charge on any atom is -0.493 e. The maximum absolute atomic E-state index is 16.0. The molecule has 10 nitrogen and oxygen atoms in total. The summed E-state index contributed by atoms with van der Waals surface area (Å²) in [4.78, 5) is 21.2. The summed E-state index contributed by atoms with van der Waals surface area (Å²) in [6.07, 6.45) is 3.76. The first-order chi connectivity index (χ1) is 18.8. The zero-order valence-electron chi connectivity index (χ0n) is 21.3. The third-order valence-corrected chi connectivity index (χ3v) is 6.92. The Morgan fingerprint density at radius 3 is 2.49 bits per heavy atom. The Hall–Kier alpha value is -4.22. The molecule has 1 N–H and O–H groups in total. The number of pyridine rings is 1. The van der Waals surface area contributed by atoms with Gasteiger partial charge < -0.3 is 14.5 Å². The molecule has 0 bridgehead atoms. The number of aromatic nitrogens is 8. The predicted octanol–water partition coefficient (Wildman–Crippen LogP) is 5.43. The van der Waals surface area contributed by atoms with Crippen LogP contribution in [-0.4, -0.2) is 53.3 Å². The number of methoxy groups -OCH3 is 2. The highest BCUT2D eigenvalue weighted by atomic mass is 35.5. The van der Waals surface area contributed by atoms with Crippen molar-refractivity contribution in [3.63, 3.8) is 0 Å². The number of halogens is 3. The summed E-state index contributed by atoms with van der Waals surface area (Å²) in [5.41, 5.74) is 4.59. The van der Waals surface area contributed by atoms with Crippen LogP contribution in [0.25, 0.3) is 39.5 Å². The van der Waals surface area contributed by atoms with Gasteiger partial charge in [-0.3, -0.25) is 9.08 Å². The lowest BCUT2D eigenvalue weighted by molar-refractivity contribution is 0.355. The van der Waals surface area contributed by atoms with Crippen molar-refractivity contribution < 1.29 is 13.9 Å². The van der Waals surface area contributed by atoms with Crippen molar-refractivity contribution in [1.82, 2.24) is 39.1 Å². The predicted molar refractivity (Wildman–Crippen MR) is 145 cm³/mol. The van der Waals surface area contributed by atoms with Crippen LogP contribution in [-0.2, 0) is 13.5 Å². The van der Waals surface area contributed by atoms with Crippen LogP contribution >= 0.6 is 23.2 Å². The Labute approximate surface area is 231 Å². The highest BCUT2D eigenvalue weighted by Gasteiger charge is 2.25. The SMILES string of the molecule is COc1cc(Cl)c(-c2c(F)nc(-c3c(C)cnn3C)c3nc(Cc4nc5nc(Cl)ccc5[nH]4)cn23)cc1OC. The van der Waals surface area contributed by atoms with Gasteiger partial charge in [0.2, 0.25) is 5.95 Å². The van der Waals surface area contributed by atoms with E-state index in [1.54, 1.807) is 46.7 Å². The van der Waals surface area contributed by atoms with Gasteiger partial charge in [0.15, 0.2) is 22.8 Å². The summed E-state index contributed by atoms with van der Waals surface area (Å²) in [6, 6.07) is 6.69. The quantitative estimate of drug-likeness (QED) is 0.268. The molecule has 5 heterocycles. The lowest BCUT2D eigenvalue weighted by Crippen LogP contribution is -2.06. The van der Waals surface area contributed by atoms with Crippen molar-refractivity contribution >= 4 is 40.0 Å². The fraction of sp³-hybridized carbons (Fsp3) is 0.192. The average molecular weight is 567 g/mol. The summed E-state index contributed by atoms with van der Waals surface area (Å²) in [5.74, 6) is 0.701. The van der Waals surface area contributed by atoms with E-state index in [4.69, 9.17) is 37.7 Å². The molecule has 0 saturated carbocycles. The van der Waals surface area contributed by atoms with Gasteiger partial charge in [-0.25, -0.2) is 19.9 Å². The van der Waals surface area contributed by atoms with Crippen molar-refractivity contribution in [2.45, 2.75) is 13.3 Å². The third kappa shape index (κ3) is 4.23. The summed E-state index contributed by atoms with van der Waals surface area (Å²) in [7, 11) is 4.77. The molecular formula is C26H21Cl2FN8O2. The number of ether oxygens (including phenoxy) is 2. The number of nitrogens with zero attached hydrogens (tertiary/aromatic N) is 7. The second-order valence-electron chi connectivity index (χ2n) is 8.88. The second-order valence-corrected chi connectivity index (χ2v) is 9.67. The summed E-state index contributed by atoms with van der Waals surface area (Å²) in [5, 5.41) is 4.91. The first-order valence-corrected chi connectivity index (χ1v) is 12.5. The summed E-state index contributed by atoms with van der Waals surface area (Å²) >= 11 is 12.6. The fourth-order valence-electron chi connectivity index (χ4n) is 4.65. The minimum atomic E-state index is -0.737. The smallest absolute Gasteiger partial charge is 0.238 e. The average Bonchev–Trinajstić information content (AvgIpc) is 3.60. The van der Waals surface area contributed by atoms with E-state index in [1.165, 1.54) is 14.2 Å². The molecule has 0 saturated heterocycles. The number of aromatic amines is 1. The van der Waals surface area contributed by atoms with E-state index in [9.17, 15) is 0 Å². The molecule has 0 aliphatic rings. The largest absolute Gasteiger partial charge is 0.493 e. The normalized spacial score (nSPS) is 11.6. The molecule has 0 atom stereocenters. The van der Waals surface area contributed by atoms with E-state index in [0.29, 0.717) is 62.8 Å². The van der Waals surface area contributed by atoms with Gasteiger partial charge in [-0.1, -0.05) is 23.2 Å². The van der Waals surface area contributed by atoms with Crippen LogP contribution in [0.3, 0.4) is 0 Å². The molecule has 198 valence electrons. The van der Waals surface area contributed by atoms with Crippen molar-refractivity contribution in [2.24, 2.45) is 7.05 Å². The Balaban J connectivity index is 1.58. The molecule has 6 rings (SSSR count). The fourth-order valence-corrected chi connectivity index (χ4v) is 5.04. The zero-order chi connectivity index (χ0) is 27.4. The standard InChI is InChI=1S/C26H21Cl2FN8O2/c1-12-10-30-36(2)22(12)21-26-31-13(7-20-32-16-5-6-19(28)33-25(16)34-20)11-37(26)23(24(29)35-21)14-8-17(38-3)18(39-4)9-15(14)27/h5-6,8-11H,7H2,1-4H3,(H,32,33,34). The first-order valence-electron chi connectivity index (χ1n) is 11.8. The Kier molecular flexibility index (Phi) is 6.12. The maximum atomic E-state index is 16.0. The van der Waals surface area contributed by atoms with Gasteiger partial charge in [-0.05, 0) is 30.7 Å². The van der Waals surface area contributed by atoms with Gasteiger partial charge in [-0.2, -0.15) is 9.49 Å². The number of aryl methyl sites for hydroxylation is 2. The van der Waals surface area contributed by atoms with E-state index in [2.05, 4.69) is 25.0 Å². The van der Waals surface area contributed by atoms with Crippen LogP contribution in [0, 0.1) is 12.9 Å². The minimum absolute atomic E-state index is 0.122. The molecule has 0 spiro atoms. The van der Waals surface area contributed by atoms with E-state index < -0.39 is 5.95 Å². The number of hydrogen-bond acceptors (Lipinski definition) is 7. The number of fused-ring (bicyclic) bond motifs is 2. The van der Waals surface area contributed by atoms with Gasteiger partial charge in [-0.15, -0.1) is 0 Å². The van der Waals surface area contributed by atoms with Crippen LogP contribution in [0.1, 0.15) is 17.1 Å². The number of rotatable bonds is 6. The van der Waals surface area contributed by atoms with Crippen molar-refractivity contribution in [1.29, 1.82) is 0 Å². The van der Waals surface area contributed by atoms with Gasteiger partial charge in [0, 0.05) is 31.3 Å². The van der Waals surface area contributed by atoms with Crippen LogP contribution in [0.4, 0.5) is 4.39 Å². The molecular weight excluding hydrogens is 546 g/mol. The highest BCUT2D eigenvalue weighted by Crippen LogP contribution is 2.40. The monoisotopic (exact) mass is 566 g/mol. The van der Waals surface area contributed by atoms with Gasteiger partial charge in [0.05, 0.1) is 42.3 Å². The zero-order valence-corrected chi connectivity index (χ0v) is 22.8. The maximum Gasteiger partial charge on any atom is 0.238 e. The van der Waals surface area contributed by atoms with Gasteiger partial charge in [0.1, 0.15) is 22.4 Å². The van der Waals surface area contributed by atoms with E-state index in [0.717, 1.165) is 11.1 Å². The Morgan fingerprint density at radius 1 is 1.00 bits per heavy atom. The van der Waals surface area contributed by atoms with E-state index in [1.807, 2.05) is 13.0 Å². The molecule has 0 aliphatic heterocycles. The number of nitrogens with one attached hydrogen (secondary N) is 1. The molecule has 0 unspecified atom stereocenters. The molecule has 0 aliphatic carbocycles. The van der Waals surface area contributed by atoms with Crippen molar-refractivity contribution in [2.75, 3.05) is 14.2 Å². The molecule has 13 heteroatoms. The summed E-state index contributed by atoms with van der Waals surface area (Å²) < 4.78 is 30.1. The number of H-pyrrole nitrogens is 1. The Bertz CT molecular complexity index is 1880. The van der Waals surface area contributed by atoms with E-state index >= 15 is 4.39 Å². The number of imidazole rings is 2. The summed E-state index contributed by atoms with van der Waals surface area (Å²) in [6.45, 7) is 1.88. The number of benzene rings is 1. The Morgan fingerprint density at radius 2 is 1.77 bits per heavy atom. The second kappa shape index (κ2) is 9.51. The number of hydrogen-bond donors (Lipinski definition) is 1. The molecule has 0 amide bonds. The lowest BCUT2D eigenvalue weighted by atomic mass is 10.1. The van der Waals surface area contributed by atoms with Crippen LogP contribution in [0.5, 0.6) is 11.5 Å². The van der Waals surface area contributed by atoms with Crippen LogP contribution < -0.4 is 9.47 Å². The van der Waals surface area contributed by atoms with Crippen LogP contribution in [0.2, 0.25) is 10.2 Å². The molecule has 5 aromatic heterocycles. The molecule has 39 heavy (non-hydrogen) atoms. The van der Waals surface area contributed by atoms with Crippen LogP contribution in [0.15, 0.2) is 36.7 Å². The molecule has 6 aromatic rings. The molecule has 0 fully saturated rings. The van der Waals surface area contributed by atoms with Gasteiger partial charge in [0.25, 0.3) is 0 Å². The third-order valence-electron chi connectivity index (χ3n) is 6.40. The highest BCUT2D eigenvalue weighted by molar-refractivity contribution is 6.33. The lowest BCUT2D eigenvalue weighted by Gasteiger charge is -2.15. The topological polar surface area (TPSA) is 108 Å². The van der Waals surface area contributed by atoms with E-state index in [-0.39, 0.29) is 10.7 Å². The molecule has 1 aromatic carbocycles. The van der Waals surface area contributed by atoms with Crippen molar-refractivity contribution in [3.8, 4) is 34.1 Å². The van der Waals surface area contributed by atoms with Crippen molar-refractivity contribution in [3.05, 3.63) is 69.9 Å². The van der Waals surface area contributed by atoms with Gasteiger partial charge >= 0.3 is 0 Å². The first kappa shape index (κ1) is 25.1.